The monoisotopic (exact) mass is 268 g/mol. The highest BCUT2D eigenvalue weighted by atomic mass is 16.2. The first-order valence-electron chi connectivity index (χ1n) is 7.00. The van der Waals surface area contributed by atoms with E-state index in [9.17, 15) is 9.59 Å². The maximum absolute atomic E-state index is 12.3. The molecule has 2 bridgehead atoms. The van der Waals surface area contributed by atoms with Crippen molar-refractivity contribution in [3.63, 3.8) is 0 Å². The van der Waals surface area contributed by atoms with Crippen LogP contribution >= 0.6 is 0 Å². The molecule has 6 N–H and O–H groups in total. The van der Waals surface area contributed by atoms with Crippen molar-refractivity contribution in [1.29, 1.82) is 0 Å². The van der Waals surface area contributed by atoms with Gasteiger partial charge < -0.3 is 0 Å². The molecule has 0 aliphatic heterocycles. The van der Waals surface area contributed by atoms with Crippen LogP contribution in [0.1, 0.15) is 51.9 Å². The van der Waals surface area contributed by atoms with Crippen LogP contribution in [0, 0.1) is 16.7 Å². The Balaban J connectivity index is 2.38. The molecule has 0 aromatic rings. The molecule has 2 rings (SSSR count). The number of nitrogens with one attached hydrogen (secondary N) is 2. The van der Waals surface area contributed by atoms with E-state index in [1.54, 1.807) is 0 Å². The maximum atomic E-state index is 12.3. The predicted octanol–water partition coefficient (Wildman–Crippen LogP) is 0.333. The molecular weight excluding hydrogens is 244 g/mol. The fourth-order valence-electron chi connectivity index (χ4n) is 4.17. The van der Waals surface area contributed by atoms with Crippen molar-refractivity contribution in [2.24, 2.45) is 28.4 Å². The molecular formula is C13H24N4O2. The fraction of sp³-hybridized carbons (Fsp3) is 0.846. The lowest BCUT2D eigenvalue weighted by molar-refractivity contribution is -0.143. The minimum absolute atomic E-state index is 0.129. The Labute approximate surface area is 113 Å². The van der Waals surface area contributed by atoms with Crippen LogP contribution in [0.25, 0.3) is 0 Å². The number of rotatable bonds is 2. The van der Waals surface area contributed by atoms with Crippen LogP contribution in [0.5, 0.6) is 0 Å². The van der Waals surface area contributed by atoms with E-state index in [-0.39, 0.29) is 11.8 Å². The Bertz CT molecular complexity index is 387. The van der Waals surface area contributed by atoms with Gasteiger partial charge in [-0.1, -0.05) is 13.3 Å². The lowest BCUT2D eigenvalue weighted by Gasteiger charge is -2.44. The molecule has 6 heteroatoms. The molecule has 2 saturated carbocycles. The topological polar surface area (TPSA) is 110 Å². The normalized spacial score (nSPS) is 38.2. The van der Waals surface area contributed by atoms with Crippen molar-refractivity contribution in [3.8, 4) is 0 Å². The van der Waals surface area contributed by atoms with E-state index < -0.39 is 10.8 Å². The van der Waals surface area contributed by atoms with Crippen LogP contribution in [-0.2, 0) is 9.59 Å². The Morgan fingerprint density at radius 3 is 2.26 bits per heavy atom. The van der Waals surface area contributed by atoms with Gasteiger partial charge in [0.2, 0.25) is 11.8 Å². The highest BCUT2D eigenvalue weighted by molar-refractivity contribution is 5.86. The van der Waals surface area contributed by atoms with Gasteiger partial charge in [-0.15, -0.1) is 0 Å². The summed E-state index contributed by atoms with van der Waals surface area (Å²) in [5, 5.41) is 0. The van der Waals surface area contributed by atoms with Gasteiger partial charge in [-0.05, 0) is 44.4 Å². The lowest BCUT2D eigenvalue weighted by atomic mass is 9.60. The SMILES string of the molecule is CC1CCC2(C(=O)NN)CCCC(C(=O)NN)(C1)C2. The van der Waals surface area contributed by atoms with E-state index in [1.165, 1.54) is 0 Å². The number of carbonyl (C=O) groups is 2. The molecule has 0 spiro atoms. The summed E-state index contributed by atoms with van der Waals surface area (Å²) < 4.78 is 0. The number of hydrogen-bond acceptors (Lipinski definition) is 4. The smallest absolute Gasteiger partial charge is 0.240 e. The van der Waals surface area contributed by atoms with E-state index in [4.69, 9.17) is 11.7 Å². The minimum atomic E-state index is -0.505. The summed E-state index contributed by atoms with van der Waals surface area (Å²) in [5.74, 6) is 10.9. The van der Waals surface area contributed by atoms with Crippen molar-refractivity contribution in [3.05, 3.63) is 0 Å². The number of amides is 2. The second kappa shape index (κ2) is 5.09. The Morgan fingerprint density at radius 1 is 1.05 bits per heavy atom. The summed E-state index contributed by atoms with van der Waals surface area (Å²) >= 11 is 0. The van der Waals surface area contributed by atoms with Gasteiger partial charge in [0, 0.05) is 0 Å². The van der Waals surface area contributed by atoms with Crippen LogP contribution in [0.2, 0.25) is 0 Å². The van der Waals surface area contributed by atoms with Crippen molar-refractivity contribution in [2.75, 3.05) is 0 Å². The van der Waals surface area contributed by atoms with Crippen LogP contribution in [0.15, 0.2) is 0 Å². The zero-order valence-electron chi connectivity index (χ0n) is 11.5. The Kier molecular flexibility index (Phi) is 3.82. The molecule has 3 unspecified atom stereocenters. The Hall–Kier alpha value is -1.14. The van der Waals surface area contributed by atoms with Gasteiger partial charge in [-0.2, -0.15) is 0 Å². The predicted molar refractivity (Wildman–Crippen MR) is 71.0 cm³/mol. The van der Waals surface area contributed by atoms with Crippen molar-refractivity contribution < 1.29 is 9.59 Å². The van der Waals surface area contributed by atoms with E-state index in [2.05, 4.69) is 17.8 Å². The maximum Gasteiger partial charge on any atom is 0.240 e. The Morgan fingerprint density at radius 2 is 1.63 bits per heavy atom. The molecule has 19 heavy (non-hydrogen) atoms. The van der Waals surface area contributed by atoms with Crippen LogP contribution in [-0.4, -0.2) is 11.8 Å². The van der Waals surface area contributed by atoms with E-state index in [0.29, 0.717) is 12.3 Å². The summed E-state index contributed by atoms with van der Waals surface area (Å²) in [6.07, 6.45) is 5.60. The van der Waals surface area contributed by atoms with Crippen molar-refractivity contribution in [2.45, 2.75) is 51.9 Å². The van der Waals surface area contributed by atoms with E-state index in [1.807, 2.05) is 0 Å². The number of hydrazine groups is 2. The molecule has 0 radical (unpaired) electrons. The molecule has 0 aromatic carbocycles. The number of nitrogens with two attached hydrogens (primary N) is 2. The quantitative estimate of drug-likeness (QED) is 0.328. The van der Waals surface area contributed by atoms with Gasteiger partial charge in [-0.25, -0.2) is 11.7 Å². The lowest BCUT2D eigenvalue weighted by Crippen LogP contribution is -2.53. The average Bonchev–Trinajstić information content (AvgIpc) is 2.52. The zero-order valence-corrected chi connectivity index (χ0v) is 11.5. The molecule has 0 aromatic heterocycles. The first-order chi connectivity index (χ1) is 8.98. The highest BCUT2D eigenvalue weighted by Gasteiger charge is 2.54. The molecule has 2 fully saturated rings. The molecule has 0 heterocycles. The summed E-state index contributed by atoms with van der Waals surface area (Å²) in [4.78, 5) is 24.5. The van der Waals surface area contributed by atoms with Gasteiger partial charge in [0.25, 0.3) is 0 Å². The highest BCUT2D eigenvalue weighted by Crippen LogP contribution is 2.55. The van der Waals surface area contributed by atoms with Gasteiger partial charge in [0.1, 0.15) is 0 Å². The first kappa shape index (κ1) is 14.3. The van der Waals surface area contributed by atoms with Gasteiger partial charge in [0.05, 0.1) is 10.8 Å². The van der Waals surface area contributed by atoms with Gasteiger partial charge in [0.15, 0.2) is 0 Å². The molecule has 3 atom stereocenters. The first-order valence-corrected chi connectivity index (χ1v) is 7.00. The van der Waals surface area contributed by atoms with E-state index >= 15 is 0 Å². The molecule has 6 nitrogen and oxygen atoms in total. The third-order valence-electron chi connectivity index (χ3n) is 5.07. The molecule has 2 amide bonds. The third kappa shape index (κ3) is 2.34. The fourth-order valence-corrected chi connectivity index (χ4v) is 4.17. The minimum Gasteiger partial charge on any atom is -0.294 e. The van der Waals surface area contributed by atoms with Crippen molar-refractivity contribution in [1.82, 2.24) is 10.9 Å². The second-order valence-electron chi connectivity index (χ2n) is 6.39. The summed E-state index contributed by atoms with van der Waals surface area (Å²) in [5.41, 5.74) is 3.60. The third-order valence-corrected chi connectivity index (χ3v) is 5.07. The molecule has 2 aliphatic carbocycles. The standard InChI is InChI=1S/C13H24N4O2/c1-9-3-6-12(10(18)16-14)4-2-5-13(7-9,8-12)11(19)17-15/h9H,2-8,14-15H2,1H3,(H,16,18)(H,17,19). The molecule has 2 aliphatic rings. The number of carbonyl (C=O) groups excluding carboxylic acids is 2. The second-order valence-corrected chi connectivity index (χ2v) is 6.39. The summed E-state index contributed by atoms with van der Waals surface area (Å²) in [6, 6.07) is 0. The number of hydrogen-bond donors (Lipinski definition) is 4. The average molecular weight is 268 g/mol. The van der Waals surface area contributed by atoms with Crippen LogP contribution in [0.4, 0.5) is 0 Å². The van der Waals surface area contributed by atoms with E-state index in [0.717, 1.165) is 38.5 Å². The van der Waals surface area contributed by atoms with Crippen molar-refractivity contribution >= 4 is 11.8 Å². The largest absolute Gasteiger partial charge is 0.294 e. The van der Waals surface area contributed by atoms with Gasteiger partial charge >= 0.3 is 0 Å². The zero-order chi connectivity index (χ0) is 14.1. The molecule has 0 saturated heterocycles. The molecule has 108 valence electrons. The number of fused-ring (bicyclic) bond motifs is 2. The van der Waals surface area contributed by atoms with Gasteiger partial charge in [-0.3, -0.25) is 20.4 Å². The van der Waals surface area contributed by atoms with Crippen LogP contribution in [0.3, 0.4) is 0 Å². The summed E-state index contributed by atoms with van der Waals surface area (Å²) in [7, 11) is 0. The van der Waals surface area contributed by atoms with Crippen LogP contribution < -0.4 is 22.5 Å². The summed E-state index contributed by atoms with van der Waals surface area (Å²) in [6.45, 7) is 2.14.